The van der Waals surface area contributed by atoms with Crippen molar-refractivity contribution in [1.82, 2.24) is 4.98 Å². The molecule has 2 aromatic rings. The zero-order valence-electron chi connectivity index (χ0n) is 10.4. The first-order chi connectivity index (χ1) is 9.47. The van der Waals surface area contributed by atoms with Crippen LogP contribution in [-0.2, 0) is 12.6 Å². The summed E-state index contributed by atoms with van der Waals surface area (Å²) in [5.41, 5.74) is -0.0961. The van der Waals surface area contributed by atoms with Gasteiger partial charge in [0.25, 0.3) is 0 Å². The minimum atomic E-state index is -4.45. The van der Waals surface area contributed by atoms with Crippen molar-refractivity contribution < 1.29 is 17.6 Å². The van der Waals surface area contributed by atoms with Crippen molar-refractivity contribution in [3.8, 4) is 0 Å². The van der Waals surface area contributed by atoms with E-state index in [1.807, 2.05) is 0 Å². The minimum Gasteiger partial charge on any atom is -0.369 e. The SMILES string of the molecule is Fc1cccc(CCNc2ncccc2C(F)(F)F)c1. The molecule has 0 aliphatic rings. The highest BCUT2D eigenvalue weighted by Gasteiger charge is 2.33. The van der Waals surface area contributed by atoms with E-state index < -0.39 is 11.7 Å². The van der Waals surface area contributed by atoms with E-state index in [4.69, 9.17) is 0 Å². The average Bonchev–Trinajstić information content (AvgIpc) is 2.38. The smallest absolute Gasteiger partial charge is 0.369 e. The monoisotopic (exact) mass is 284 g/mol. The van der Waals surface area contributed by atoms with Gasteiger partial charge < -0.3 is 5.32 Å². The van der Waals surface area contributed by atoms with Gasteiger partial charge in [-0.3, -0.25) is 0 Å². The molecule has 0 bridgehead atoms. The maximum atomic E-state index is 13.0. The maximum absolute atomic E-state index is 13.0. The van der Waals surface area contributed by atoms with Gasteiger partial charge in [-0.2, -0.15) is 13.2 Å². The summed E-state index contributed by atoms with van der Waals surface area (Å²) < 4.78 is 51.1. The zero-order chi connectivity index (χ0) is 14.6. The normalized spacial score (nSPS) is 11.4. The molecule has 106 valence electrons. The van der Waals surface area contributed by atoms with Crippen molar-refractivity contribution >= 4 is 5.82 Å². The molecule has 0 spiro atoms. The molecule has 0 amide bonds. The number of rotatable bonds is 4. The highest BCUT2D eigenvalue weighted by molar-refractivity contribution is 5.45. The molecule has 0 saturated heterocycles. The summed E-state index contributed by atoms with van der Waals surface area (Å²) in [7, 11) is 0. The van der Waals surface area contributed by atoms with Crippen LogP contribution in [0.4, 0.5) is 23.4 Å². The second-order valence-corrected chi connectivity index (χ2v) is 4.20. The summed E-state index contributed by atoms with van der Waals surface area (Å²) in [6.07, 6.45) is -2.75. The Bertz CT molecular complexity index is 581. The van der Waals surface area contributed by atoms with Gasteiger partial charge in [0.05, 0.1) is 5.56 Å². The number of anilines is 1. The highest BCUT2D eigenvalue weighted by Crippen LogP contribution is 2.33. The molecule has 0 aliphatic carbocycles. The van der Waals surface area contributed by atoms with Crippen LogP contribution in [-0.4, -0.2) is 11.5 Å². The van der Waals surface area contributed by atoms with Crippen LogP contribution in [0.5, 0.6) is 0 Å². The van der Waals surface area contributed by atoms with Gasteiger partial charge in [-0.05, 0) is 36.2 Å². The Balaban J connectivity index is 2.01. The molecule has 0 saturated carbocycles. The van der Waals surface area contributed by atoms with Gasteiger partial charge in [0, 0.05) is 12.7 Å². The molecular weight excluding hydrogens is 272 g/mol. The molecule has 2 rings (SSSR count). The van der Waals surface area contributed by atoms with Crippen LogP contribution >= 0.6 is 0 Å². The van der Waals surface area contributed by atoms with Crippen molar-refractivity contribution in [3.63, 3.8) is 0 Å². The molecule has 0 unspecified atom stereocenters. The summed E-state index contributed by atoms with van der Waals surface area (Å²) in [6.45, 7) is 0.240. The molecule has 1 heterocycles. The Morgan fingerprint density at radius 1 is 1.10 bits per heavy atom. The Morgan fingerprint density at radius 3 is 2.60 bits per heavy atom. The number of pyridine rings is 1. The van der Waals surface area contributed by atoms with Gasteiger partial charge in [0.15, 0.2) is 0 Å². The number of hydrogen-bond acceptors (Lipinski definition) is 2. The molecule has 0 aliphatic heterocycles. The van der Waals surface area contributed by atoms with Gasteiger partial charge >= 0.3 is 6.18 Å². The maximum Gasteiger partial charge on any atom is 0.419 e. The third-order valence-electron chi connectivity index (χ3n) is 2.71. The first-order valence-electron chi connectivity index (χ1n) is 5.97. The molecule has 1 aromatic carbocycles. The molecule has 20 heavy (non-hydrogen) atoms. The van der Waals surface area contributed by atoms with E-state index in [9.17, 15) is 17.6 Å². The van der Waals surface area contributed by atoms with E-state index in [-0.39, 0.29) is 18.2 Å². The number of hydrogen-bond donors (Lipinski definition) is 1. The minimum absolute atomic E-state index is 0.212. The lowest BCUT2D eigenvalue weighted by atomic mass is 10.1. The predicted octanol–water partition coefficient (Wildman–Crippen LogP) is 3.89. The Hall–Kier alpha value is -2.11. The number of nitrogens with zero attached hydrogens (tertiary/aromatic N) is 1. The molecule has 2 nitrogen and oxygen atoms in total. The van der Waals surface area contributed by atoms with E-state index in [0.29, 0.717) is 12.0 Å². The summed E-state index contributed by atoms with van der Waals surface area (Å²) in [5, 5.41) is 2.63. The first-order valence-corrected chi connectivity index (χ1v) is 5.97. The Labute approximate surface area is 113 Å². The van der Waals surface area contributed by atoms with Crippen LogP contribution in [0.15, 0.2) is 42.6 Å². The van der Waals surface area contributed by atoms with E-state index in [1.54, 1.807) is 12.1 Å². The average molecular weight is 284 g/mol. The summed E-state index contributed by atoms with van der Waals surface area (Å²) >= 11 is 0. The number of nitrogens with one attached hydrogen (secondary N) is 1. The zero-order valence-corrected chi connectivity index (χ0v) is 10.4. The van der Waals surface area contributed by atoms with Crippen LogP contribution in [0.1, 0.15) is 11.1 Å². The van der Waals surface area contributed by atoms with Crippen LogP contribution < -0.4 is 5.32 Å². The fraction of sp³-hybridized carbons (Fsp3) is 0.214. The number of halogens is 4. The summed E-state index contributed by atoms with van der Waals surface area (Å²) in [5.74, 6) is -0.576. The number of alkyl halides is 3. The van der Waals surface area contributed by atoms with Crippen LogP contribution in [0.3, 0.4) is 0 Å². The van der Waals surface area contributed by atoms with Crippen molar-refractivity contribution in [2.24, 2.45) is 0 Å². The van der Waals surface area contributed by atoms with E-state index in [2.05, 4.69) is 10.3 Å². The largest absolute Gasteiger partial charge is 0.419 e. The standard InChI is InChI=1S/C14H12F4N2/c15-11-4-1-3-10(9-11)6-8-20-13-12(14(16,17)18)5-2-7-19-13/h1-5,7,9H,6,8H2,(H,19,20). The van der Waals surface area contributed by atoms with Gasteiger partial charge in [0.1, 0.15) is 11.6 Å². The van der Waals surface area contributed by atoms with Crippen LogP contribution in [0.25, 0.3) is 0 Å². The van der Waals surface area contributed by atoms with Crippen molar-refractivity contribution in [3.05, 3.63) is 59.5 Å². The lowest BCUT2D eigenvalue weighted by molar-refractivity contribution is -0.137. The van der Waals surface area contributed by atoms with E-state index in [0.717, 1.165) is 6.07 Å². The second kappa shape index (κ2) is 5.90. The molecule has 1 aromatic heterocycles. The fourth-order valence-corrected chi connectivity index (χ4v) is 1.79. The topological polar surface area (TPSA) is 24.9 Å². The van der Waals surface area contributed by atoms with Gasteiger partial charge in [-0.25, -0.2) is 9.37 Å². The lowest BCUT2D eigenvalue weighted by Crippen LogP contribution is -2.14. The lowest BCUT2D eigenvalue weighted by Gasteiger charge is -2.13. The molecule has 0 fully saturated rings. The number of benzene rings is 1. The van der Waals surface area contributed by atoms with E-state index >= 15 is 0 Å². The Kier molecular flexibility index (Phi) is 4.22. The summed E-state index contributed by atoms with van der Waals surface area (Å²) in [6, 6.07) is 8.15. The quantitative estimate of drug-likeness (QED) is 0.861. The van der Waals surface area contributed by atoms with Crippen LogP contribution in [0, 0.1) is 5.82 Å². The molecule has 0 radical (unpaired) electrons. The first kappa shape index (κ1) is 14.3. The fourth-order valence-electron chi connectivity index (χ4n) is 1.79. The van der Waals surface area contributed by atoms with Crippen molar-refractivity contribution in [2.45, 2.75) is 12.6 Å². The van der Waals surface area contributed by atoms with E-state index in [1.165, 1.54) is 24.4 Å². The van der Waals surface area contributed by atoms with Crippen molar-refractivity contribution in [1.29, 1.82) is 0 Å². The molecule has 1 N–H and O–H groups in total. The number of aromatic nitrogens is 1. The third-order valence-corrected chi connectivity index (χ3v) is 2.71. The Morgan fingerprint density at radius 2 is 1.90 bits per heavy atom. The highest BCUT2D eigenvalue weighted by atomic mass is 19.4. The third kappa shape index (κ3) is 3.69. The van der Waals surface area contributed by atoms with Gasteiger partial charge in [0.2, 0.25) is 0 Å². The van der Waals surface area contributed by atoms with Crippen LogP contribution in [0.2, 0.25) is 0 Å². The van der Waals surface area contributed by atoms with Gasteiger partial charge in [-0.1, -0.05) is 12.1 Å². The second-order valence-electron chi connectivity index (χ2n) is 4.20. The molecule has 0 atom stereocenters. The molecule has 6 heteroatoms. The summed E-state index contributed by atoms with van der Waals surface area (Å²) in [4.78, 5) is 3.69. The molecular formula is C14H12F4N2. The van der Waals surface area contributed by atoms with Crippen molar-refractivity contribution in [2.75, 3.05) is 11.9 Å². The predicted molar refractivity (Wildman–Crippen MR) is 67.8 cm³/mol. The van der Waals surface area contributed by atoms with Gasteiger partial charge in [-0.15, -0.1) is 0 Å².